The fourth-order valence-electron chi connectivity index (χ4n) is 2.05. The third-order valence-corrected chi connectivity index (χ3v) is 3.08. The molecule has 1 rings (SSSR count). The first-order valence-corrected chi connectivity index (χ1v) is 7.64. The van der Waals surface area contributed by atoms with Gasteiger partial charge in [0, 0.05) is 19.4 Å². The molecule has 0 bridgehead atoms. The van der Waals surface area contributed by atoms with Gasteiger partial charge >= 0.3 is 0 Å². The van der Waals surface area contributed by atoms with E-state index in [9.17, 15) is 9.59 Å². The zero-order valence-electron chi connectivity index (χ0n) is 13.2. The molecule has 0 unspecified atom stereocenters. The van der Waals surface area contributed by atoms with E-state index in [1.807, 2.05) is 51.1 Å². The standard InChI is InChI=1S/C17H26N2O2/c1-4-10-18-17(21)15(19-16(20)11-13(2)3)12-14-8-6-5-7-9-14/h5-9,13,15H,4,10-12H2,1-3H3,(H,18,21)(H,19,20)/t15-/m0/s1. The largest absolute Gasteiger partial charge is 0.354 e. The molecule has 0 aliphatic heterocycles. The minimum absolute atomic E-state index is 0.0717. The molecule has 1 atom stereocenters. The molecule has 0 saturated heterocycles. The summed E-state index contributed by atoms with van der Waals surface area (Å²) in [6, 6.07) is 9.24. The van der Waals surface area contributed by atoms with Gasteiger partial charge in [-0.15, -0.1) is 0 Å². The molecule has 0 fully saturated rings. The van der Waals surface area contributed by atoms with Crippen LogP contribution in [-0.4, -0.2) is 24.4 Å². The lowest BCUT2D eigenvalue weighted by atomic mass is 10.0. The second-order valence-electron chi connectivity index (χ2n) is 5.70. The van der Waals surface area contributed by atoms with Crippen molar-refractivity contribution in [2.24, 2.45) is 5.92 Å². The predicted octanol–water partition coefficient (Wildman–Crippen LogP) is 2.29. The smallest absolute Gasteiger partial charge is 0.242 e. The summed E-state index contributed by atoms with van der Waals surface area (Å²) in [5, 5.41) is 5.71. The molecule has 4 heteroatoms. The fourth-order valence-corrected chi connectivity index (χ4v) is 2.05. The lowest BCUT2D eigenvalue weighted by Gasteiger charge is -2.19. The molecule has 2 amide bonds. The van der Waals surface area contributed by atoms with Crippen molar-refractivity contribution < 1.29 is 9.59 Å². The number of hydrogen-bond donors (Lipinski definition) is 2. The number of carbonyl (C=O) groups is 2. The molecule has 116 valence electrons. The molecule has 21 heavy (non-hydrogen) atoms. The summed E-state index contributed by atoms with van der Waals surface area (Å²) < 4.78 is 0. The number of benzene rings is 1. The molecule has 2 N–H and O–H groups in total. The zero-order valence-corrected chi connectivity index (χ0v) is 13.2. The van der Waals surface area contributed by atoms with E-state index >= 15 is 0 Å². The van der Waals surface area contributed by atoms with Gasteiger partial charge in [0.1, 0.15) is 6.04 Å². The van der Waals surface area contributed by atoms with Gasteiger partial charge in [0.2, 0.25) is 11.8 Å². The number of amides is 2. The van der Waals surface area contributed by atoms with Crippen LogP contribution in [0.25, 0.3) is 0 Å². The summed E-state index contributed by atoms with van der Waals surface area (Å²) in [6.07, 6.45) is 1.83. The second kappa shape index (κ2) is 9.16. The number of rotatable bonds is 8. The summed E-state index contributed by atoms with van der Waals surface area (Å²) in [6.45, 7) is 6.61. The Labute approximate surface area is 127 Å². The molecule has 4 nitrogen and oxygen atoms in total. The number of nitrogens with one attached hydrogen (secondary N) is 2. The zero-order chi connectivity index (χ0) is 15.7. The van der Waals surface area contributed by atoms with Crippen molar-refractivity contribution in [1.82, 2.24) is 10.6 Å². The molecule has 0 spiro atoms. The first kappa shape index (κ1) is 17.2. The summed E-state index contributed by atoms with van der Waals surface area (Å²) in [4.78, 5) is 24.1. The van der Waals surface area contributed by atoms with E-state index in [0.717, 1.165) is 12.0 Å². The van der Waals surface area contributed by atoms with Gasteiger partial charge in [-0.05, 0) is 17.9 Å². The molecule has 1 aromatic rings. The highest BCUT2D eigenvalue weighted by atomic mass is 16.2. The number of carbonyl (C=O) groups excluding carboxylic acids is 2. The molecule has 0 aromatic heterocycles. The lowest BCUT2D eigenvalue weighted by Crippen LogP contribution is -2.48. The van der Waals surface area contributed by atoms with Gasteiger partial charge in [-0.25, -0.2) is 0 Å². The predicted molar refractivity (Wildman–Crippen MR) is 84.8 cm³/mol. The Morgan fingerprint density at radius 1 is 1.14 bits per heavy atom. The van der Waals surface area contributed by atoms with Crippen LogP contribution >= 0.6 is 0 Å². The Kier molecular flexibility index (Phi) is 7.51. The van der Waals surface area contributed by atoms with Crippen molar-refractivity contribution in [2.45, 2.75) is 46.1 Å². The first-order chi connectivity index (χ1) is 10.0. The molecule has 1 aromatic carbocycles. The van der Waals surface area contributed by atoms with Crippen LogP contribution in [0.2, 0.25) is 0 Å². The third-order valence-electron chi connectivity index (χ3n) is 3.08. The Hall–Kier alpha value is -1.84. The van der Waals surface area contributed by atoms with Crippen molar-refractivity contribution in [1.29, 1.82) is 0 Å². The Balaban J connectivity index is 2.69. The normalized spacial score (nSPS) is 12.0. The third kappa shape index (κ3) is 6.93. The van der Waals surface area contributed by atoms with Crippen molar-refractivity contribution >= 4 is 11.8 Å². The molecule has 0 radical (unpaired) electrons. The summed E-state index contributed by atoms with van der Waals surface area (Å²) in [5.74, 6) is 0.0940. The fraction of sp³-hybridized carbons (Fsp3) is 0.529. The quantitative estimate of drug-likeness (QED) is 0.771. The van der Waals surface area contributed by atoms with E-state index in [0.29, 0.717) is 19.4 Å². The van der Waals surface area contributed by atoms with E-state index in [-0.39, 0.29) is 17.7 Å². The van der Waals surface area contributed by atoms with Gasteiger partial charge in [0.25, 0.3) is 0 Å². The Morgan fingerprint density at radius 2 is 1.81 bits per heavy atom. The highest BCUT2D eigenvalue weighted by Gasteiger charge is 2.21. The van der Waals surface area contributed by atoms with Crippen molar-refractivity contribution in [3.05, 3.63) is 35.9 Å². The number of hydrogen-bond acceptors (Lipinski definition) is 2. The average molecular weight is 290 g/mol. The second-order valence-corrected chi connectivity index (χ2v) is 5.70. The van der Waals surface area contributed by atoms with E-state index in [1.165, 1.54) is 0 Å². The molecule has 0 aliphatic carbocycles. The van der Waals surface area contributed by atoms with Crippen LogP contribution in [0.5, 0.6) is 0 Å². The van der Waals surface area contributed by atoms with Gasteiger partial charge in [0.15, 0.2) is 0 Å². The maximum atomic E-state index is 12.2. The maximum Gasteiger partial charge on any atom is 0.242 e. The van der Waals surface area contributed by atoms with Crippen LogP contribution in [-0.2, 0) is 16.0 Å². The molecule has 0 saturated carbocycles. The monoisotopic (exact) mass is 290 g/mol. The van der Waals surface area contributed by atoms with Crippen LogP contribution in [0.4, 0.5) is 0 Å². The Morgan fingerprint density at radius 3 is 2.38 bits per heavy atom. The van der Waals surface area contributed by atoms with E-state index in [1.54, 1.807) is 0 Å². The topological polar surface area (TPSA) is 58.2 Å². The minimum atomic E-state index is -0.509. The lowest BCUT2D eigenvalue weighted by molar-refractivity contribution is -0.129. The summed E-state index contributed by atoms with van der Waals surface area (Å²) in [5.41, 5.74) is 1.04. The van der Waals surface area contributed by atoms with Gasteiger partial charge in [-0.2, -0.15) is 0 Å². The van der Waals surface area contributed by atoms with Crippen molar-refractivity contribution in [3.8, 4) is 0 Å². The van der Waals surface area contributed by atoms with Crippen molar-refractivity contribution in [3.63, 3.8) is 0 Å². The van der Waals surface area contributed by atoms with Gasteiger partial charge in [-0.3, -0.25) is 9.59 Å². The minimum Gasteiger partial charge on any atom is -0.354 e. The molecular formula is C17H26N2O2. The highest BCUT2D eigenvalue weighted by molar-refractivity contribution is 5.87. The van der Waals surface area contributed by atoms with Gasteiger partial charge < -0.3 is 10.6 Å². The average Bonchev–Trinajstić information content (AvgIpc) is 2.44. The van der Waals surface area contributed by atoms with Gasteiger partial charge in [-0.1, -0.05) is 51.1 Å². The molecule has 0 heterocycles. The summed E-state index contributed by atoms with van der Waals surface area (Å²) in [7, 11) is 0. The molecule has 0 aliphatic rings. The Bertz CT molecular complexity index is 443. The summed E-state index contributed by atoms with van der Waals surface area (Å²) >= 11 is 0. The van der Waals surface area contributed by atoms with Gasteiger partial charge in [0.05, 0.1) is 0 Å². The van der Waals surface area contributed by atoms with Crippen LogP contribution in [0.3, 0.4) is 0 Å². The van der Waals surface area contributed by atoms with Crippen LogP contribution in [0.15, 0.2) is 30.3 Å². The van der Waals surface area contributed by atoms with E-state index in [4.69, 9.17) is 0 Å². The van der Waals surface area contributed by atoms with Crippen LogP contribution in [0.1, 0.15) is 39.2 Å². The SMILES string of the molecule is CCCNC(=O)[C@H](Cc1ccccc1)NC(=O)CC(C)C. The van der Waals surface area contributed by atoms with Crippen molar-refractivity contribution in [2.75, 3.05) is 6.54 Å². The first-order valence-electron chi connectivity index (χ1n) is 7.64. The highest BCUT2D eigenvalue weighted by Crippen LogP contribution is 2.05. The van der Waals surface area contributed by atoms with Crippen LogP contribution < -0.4 is 10.6 Å². The van der Waals surface area contributed by atoms with E-state index in [2.05, 4.69) is 10.6 Å². The maximum absolute atomic E-state index is 12.2. The van der Waals surface area contributed by atoms with E-state index < -0.39 is 6.04 Å². The molecular weight excluding hydrogens is 264 g/mol. The van der Waals surface area contributed by atoms with Crippen LogP contribution in [0, 0.1) is 5.92 Å².